The lowest BCUT2D eigenvalue weighted by Gasteiger charge is -2.33. The molecule has 1 N–H and O–H groups in total. The van der Waals surface area contributed by atoms with Gasteiger partial charge in [0.1, 0.15) is 5.54 Å². The van der Waals surface area contributed by atoms with Crippen molar-refractivity contribution in [3.63, 3.8) is 0 Å². The summed E-state index contributed by atoms with van der Waals surface area (Å²) in [5, 5.41) is 9.33. The molecule has 0 aromatic heterocycles. The lowest BCUT2D eigenvalue weighted by Crippen LogP contribution is -2.52. The Morgan fingerprint density at radius 3 is 2.56 bits per heavy atom. The van der Waals surface area contributed by atoms with Crippen LogP contribution in [0.2, 0.25) is 0 Å². The molecule has 0 spiro atoms. The molecule has 0 saturated carbocycles. The van der Waals surface area contributed by atoms with E-state index in [0.717, 1.165) is 32.1 Å². The van der Waals surface area contributed by atoms with E-state index in [9.17, 15) is 14.7 Å². The molecule has 1 aliphatic rings. The summed E-state index contributed by atoms with van der Waals surface area (Å²) in [7, 11) is 0. The molecule has 2 atom stereocenters. The normalized spacial score (nSPS) is 25.2. The first-order valence-corrected chi connectivity index (χ1v) is 7.02. The molecule has 1 amide bonds. The third kappa shape index (κ3) is 2.85. The number of amides is 1. The number of carbonyl (C=O) groups is 2. The van der Waals surface area contributed by atoms with Crippen molar-refractivity contribution in [2.24, 2.45) is 5.92 Å². The summed E-state index contributed by atoms with van der Waals surface area (Å²) in [6, 6.07) is 0. The molecule has 0 bridgehead atoms. The molecule has 1 fully saturated rings. The van der Waals surface area contributed by atoms with Gasteiger partial charge < -0.3 is 10.0 Å². The lowest BCUT2D eigenvalue weighted by molar-refractivity contribution is -0.157. The van der Waals surface area contributed by atoms with Gasteiger partial charge in [0, 0.05) is 12.5 Å². The minimum Gasteiger partial charge on any atom is -0.480 e. The Hall–Kier alpha value is -1.06. The Morgan fingerprint density at radius 1 is 1.39 bits per heavy atom. The first-order chi connectivity index (χ1) is 8.47. The van der Waals surface area contributed by atoms with Crippen LogP contribution in [0.5, 0.6) is 0 Å². The van der Waals surface area contributed by atoms with E-state index >= 15 is 0 Å². The van der Waals surface area contributed by atoms with Crippen molar-refractivity contribution in [3.8, 4) is 0 Å². The number of carboxylic acid groups (broad SMARTS) is 1. The van der Waals surface area contributed by atoms with E-state index in [1.54, 1.807) is 11.8 Å². The number of hydrogen-bond acceptors (Lipinski definition) is 2. The largest absolute Gasteiger partial charge is 0.480 e. The van der Waals surface area contributed by atoms with E-state index in [0.29, 0.717) is 13.0 Å². The molecule has 0 aromatic carbocycles. The van der Waals surface area contributed by atoms with Crippen LogP contribution in [-0.4, -0.2) is 34.0 Å². The summed E-state index contributed by atoms with van der Waals surface area (Å²) in [4.78, 5) is 25.4. The van der Waals surface area contributed by atoms with E-state index in [-0.39, 0.29) is 11.8 Å². The van der Waals surface area contributed by atoms with Gasteiger partial charge in [-0.2, -0.15) is 0 Å². The number of aliphatic carboxylic acids is 1. The Balaban J connectivity index is 2.78. The van der Waals surface area contributed by atoms with Crippen molar-refractivity contribution in [1.29, 1.82) is 0 Å². The second-order valence-electron chi connectivity index (χ2n) is 5.42. The zero-order valence-electron chi connectivity index (χ0n) is 11.7. The topological polar surface area (TPSA) is 57.6 Å². The highest BCUT2D eigenvalue weighted by Crippen LogP contribution is 2.32. The third-order valence-corrected chi connectivity index (χ3v) is 4.12. The van der Waals surface area contributed by atoms with Crippen LogP contribution in [0.15, 0.2) is 0 Å². The molecule has 1 aliphatic heterocycles. The number of likely N-dealkylation sites (tertiary alicyclic amines) is 1. The van der Waals surface area contributed by atoms with E-state index in [4.69, 9.17) is 0 Å². The highest BCUT2D eigenvalue weighted by Gasteiger charge is 2.46. The summed E-state index contributed by atoms with van der Waals surface area (Å²) >= 11 is 0. The summed E-state index contributed by atoms with van der Waals surface area (Å²) in [5.74, 6) is -0.853. The zero-order chi connectivity index (χ0) is 13.8. The van der Waals surface area contributed by atoms with Crippen molar-refractivity contribution in [2.75, 3.05) is 6.54 Å². The van der Waals surface area contributed by atoms with E-state index in [1.807, 2.05) is 6.92 Å². The van der Waals surface area contributed by atoms with Gasteiger partial charge in [-0.15, -0.1) is 0 Å². The average molecular weight is 255 g/mol. The Morgan fingerprint density at radius 2 is 2.06 bits per heavy atom. The molecule has 1 heterocycles. The SMILES string of the molecule is CCCCC(CC)C(=O)N1CCCC1(C)C(=O)O. The molecule has 0 aliphatic carbocycles. The first kappa shape index (κ1) is 15.0. The number of carboxylic acids is 1. The third-order valence-electron chi connectivity index (χ3n) is 4.12. The maximum Gasteiger partial charge on any atom is 0.329 e. The van der Waals surface area contributed by atoms with E-state index in [1.165, 1.54) is 0 Å². The molecule has 0 radical (unpaired) electrons. The molecule has 4 heteroatoms. The number of carbonyl (C=O) groups excluding carboxylic acids is 1. The van der Waals surface area contributed by atoms with Crippen molar-refractivity contribution in [1.82, 2.24) is 4.90 Å². The van der Waals surface area contributed by atoms with Crippen LogP contribution in [0.4, 0.5) is 0 Å². The Bertz CT molecular complexity index is 316. The molecule has 0 aromatic rings. The number of rotatable bonds is 6. The lowest BCUT2D eigenvalue weighted by atomic mass is 9.94. The van der Waals surface area contributed by atoms with Crippen LogP contribution in [0.3, 0.4) is 0 Å². The fourth-order valence-electron chi connectivity index (χ4n) is 2.71. The van der Waals surface area contributed by atoms with Crippen LogP contribution in [0.1, 0.15) is 59.3 Å². The number of hydrogen-bond donors (Lipinski definition) is 1. The molecule has 4 nitrogen and oxygen atoms in total. The highest BCUT2D eigenvalue weighted by atomic mass is 16.4. The van der Waals surface area contributed by atoms with Crippen LogP contribution < -0.4 is 0 Å². The first-order valence-electron chi connectivity index (χ1n) is 7.02. The summed E-state index contributed by atoms with van der Waals surface area (Å²) in [6.07, 6.45) is 5.13. The van der Waals surface area contributed by atoms with Gasteiger partial charge in [0.2, 0.25) is 5.91 Å². The minimum absolute atomic E-state index is 0.0123. The highest BCUT2D eigenvalue weighted by molar-refractivity contribution is 5.88. The summed E-state index contributed by atoms with van der Waals surface area (Å²) < 4.78 is 0. The fourth-order valence-corrected chi connectivity index (χ4v) is 2.71. The van der Waals surface area contributed by atoms with Crippen LogP contribution in [0.25, 0.3) is 0 Å². The van der Waals surface area contributed by atoms with Crippen LogP contribution >= 0.6 is 0 Å². The van der Waals surface area contributed by atoms with Gasteiger partial charge in [0.05, 0.1) is 0 Å². The molecular weight excluding hydrogens is 230 g/mol. The standard InChI is InChI=1S/C14H25NO3/c1-4-6-8-11(5-2)12(16)15-10-7-9-14(15,3)13(17)18/h11H,4-10H2,1-3H3,(H,17,18). The van der Waals surface area contributed by atoms with Crippen molar-refractivity contribution < 1.29 is 14.7 Å². The molecule has 18 heavy (non-hydrogen) atoms. The van der Waals surface area contributed by atoms with Crippen molar-refractivity contribution in [2.45, 2.75) is 64.8 Å². The van der Waals surface area contributed by atoms with Crippen LogP contribution in [0, 0.1) is 5.92 Å². The van der Waals surface area contributed by atoms with Crippen LogP contribution in [-0.2, 0) is 9.59 Å². The quantitative estimate of drug-likeness (QED) is 0.793. The monoisotopic (exact) mass is 255 g/mol. The summed E-state index contributed by atoms with van der Waals surface area (Å²) in [6.45, 7) is 6.37. The smallest absolute Gasteiger partial charge is 0.329 e. The predicted octanol–water partition coefficient (Wildman–Crippen LogP) is 2.67. The van der Waals surface area contributed by atoms with E-state index in [2.05, 4.69) is 6.92 Å². The van der Waals surface area contributed by atoms with Crippen molar-refractivity contribution in [3.05, 3.63) is 0 Å². The molecule has 1 rings (SSSR count). The summed E-state index contributed by atoms with van der Waals surface area (Å²) in [5.41, 5.74) is -0.989. The second-order valence-corrected chi connectivity index (χ2v) is 5.42. The van der Waals surface area contributed by atoms with Gasteiger partial charge >= 0.3 is 5.97 Å². The van der Waals surface area contributed by atoms with Gasteiger partial charge in [0.25, 0.3) is 0 Å². The molecular formula is C14H25NO3. The Kier molecular flexibility index (Phi) is 5.17. The fraction of sp³-hybridized carbons (Fsp3) is 0.857. The maximum atomic E-state index is 12.5. The molecule has 2 unspecified atom stereocenters. The van der Waals surface area contributed by atoms with Crippen molar-refractivity contribution >= 4 is 11.9 Å². The van der Waals surface area contributed by atoms with Gasteiger partial charge in [-0.05, 0) is 32.6 Å². The number of unbranched alkanes of at least 4 members (excludes halogenated alkanes) is 1. The maximum absolute atomic E-state index is 12.5. The predicted molar refractivity (Wildman–Crippen MR) is 70.3 cm³/mol. The van der Waals surface area contributed by atoms with Gasteiger partial charge in [0.15, 0.2) is 0 Å². The second kappa shape index (κ2) is 6.21. The number of nitrogens with zero attached hydrogens (tertiary/aromatic N) is 1. The minimum atomic E-state index is -0.989. The van der Waals surface area contributed by atoms with Gasteiger partial charge in [-0.1, -0.05) is 26.7 Å². The average Bonchev–Trinajstić information content (AvgIpc) is 2.73. The zero-order valence-corrected chi connectivity index (χ0v) is 11.7. The van der Waals surface area contributed by atoms with E-state index < -0.39 is 11.5 Å². The molecule has 1 saturated heterocycles. The van der Waals surface area contributed by atoms with Gasteiger partial charge in [-0.25, -0.2) is 4.79 Å². The van der Waals surface area contributed by atoms with Gasteiger partial charge in [-0.3, -0.25) is 4.79 Å². The molecule has 104 valence electrons. The Labute approximate surface area is 109 Å².